The number of hydrogen-bond acceptors (Lipinski definition) is 2. The molecule has 184 valence electrons. The Morgan fingerprint density at radius 2 is 1.23 bits per heavy atom. The van der Waals surface area contributed by atoms with Gasteiger partial charge in [0.05, 0.1) is 27.9 Å². The summed E-state index contributed by atoms with van der Waals surface area (Å²) in [5.74, 6) is 4.04. The first kappa shape index (κ1) is 22.8. The van der Waals surface area contributed by atoms with Gasteiger partial charge in [-0.15, -0.1) is 6.42 Å². The maximum Gasteiger partial charge on any atom is 0.237 e. The molecule has 0 fully saturated rings. The van der Waals surface area contributed by atoms with Gasteiger partial charge < -0.3 is 0 Å². The van der Waals surface area contributed by atoms with Crippen LogP contribution in [0.1, 0.15) is 11.3 Å². The number of benzene rings is 4. The number of para-hydroxylation sites is 3. The molecule has 4 heteroatoms. The molecule has 0 N–H and O–H groups in total. The van der Waals surface area contributed by atoms with Gasteiger partial charge in [-0.3, -0.25) is 9.13 Å². The first-order valence-electron chi connectivity index (χ1n) is 12.9. The van der Waals surface area contributed by atoms with Crippen molar-refractivity contribution in [2.24, 2.45) is 0 Å². The van der Waals surface area contributed by atoms with Crippen LogP contribution in [0.25, 0.3) is 61.8 Å². The average molecular weight is 501 g/mol. The maximum atomic E-state index is 5.63. The molecule has 0 unspecified atom stereocenters. The minimum absolute atomic E-state index is 0.617. The smallest absolute Gasteiger partial charge is 0.237 e. The number of rotatable bonds is 4. The lowest BCUT2D eigenvalue weighted by molar-refractivity contribution is 0.935. The zero-order valence-electron chi connectivity index (χ0n) is 21.4. The van der Waals surface area contributed by atoms with Crippen LogP contribution >= 0.6 is 0 Å². The van der Waals surface area contributed by atoms with E-state index in [1.54, 1.807) is 6.08 Å². The van der Waals surface area contributed by atoms with E-state index < -0.39 is 0 Å². The summed E-state index contributed by atoms with van der Waals surface area (Å²) in [4.78, 5) is 10.4. The summed E-state index contributed by atoms with van der Waals surface area (Å²) in [6.07, 6.45) is 9.36. The van der Waals surface area contributed by atoms with Crippen molar-refractivity contribution in [1.29, 1.82) is 0 Å². The summed E-state index contributed by atoms with van der Waals surface area (Å²) < 4.78 is 4.35. The van der Waals surface area contributed by atoms with E-state index >= 15 is 0 Å². The van der Waals surface area contributed by atoms with Crippen LogP contribution in [0.15, 0.2) is 115 Å². The number of terminal acetylenes is 1. The molecule has 0 aliphatic carbocycles. The Morgan fingerprint density at radius 1 is 0.667 bits per heavy atom. The van der Waals surface area contributed by atoms with Gasteiger partial charge in [-0.1, -0.05) is 90.8 Å². The van der Waals surface area contributed by atoms with Gasteiger partial charge in [0.1, 0.15) is 5.82 Å². The monoisotopic (exact) mass is 500 g/mol. The van der Waals surface area contributed by atoms with Crippen molar-refractivity contribution in [3.05, 3.63) is 127 Å². The molecular formula is C35H24N4. The van der Waals surface area contributed by atoms with E-state index in [-0.39, 0.29) is 0 Å². The van der Waals surface area contributed by atoms with Crippen LogP contribution in [0.2, 0.25) is 0 Å². The Hall–Kier alpha value is -5.40. The lowest BCUT2D eigenvalue weighted by atomic mass is 10.1. The standard InChI is InChI=1S/C35H24N4/c1-3-4-19-30-24(2)26-16-8-11-20-31(26)38(30)34-23-29(25-14-6-5-7-15-25)36-35(37-34)39-32-21-12-9-17-27(32)28-18-10-13-22-33(28)39/h1,4-23H,2H3/b19-4-. The maximum absolute atomic E-state index is 5.63. The lowest BCUT2D eigenvalue weighted by Crippen LogP contribution is -2.08. The van der Waals surface area contributed by atoms with Gasteiger partial charge in [-0.05, 0) is 42.8 Å². The highest BCUT2D eigenvalue weighted by atomic mass is 15.2. The molecule has 0 aliphatic rings. The Labute approximate surface area is 226 Å². The number of aromatic nitrogens is 4. The molecule has 4 aromatic carbocycles. The van der Waals surface area contributed by atoms with Crippen molar-refractivity contribution < 1.29 is 0 Å². The Morgan fingerprint density at radius 3 is 1.87 bits per heavy atom. The van der Waals surface area contributed by atoms with Crippen LogP contribution in [-0.4, -0.2) is 19.1 Å². The fraction of sp³-hybridized carbons (Fsp3) is 0.0286. The highest BCUT2D eigenvalue weighted by Gasteiger charge is 2.19. The molecule has 0 saturated carbocycles. The van der Waals surface area contributed by atoms with Gasteiger partial charge in [0.25, 0.3) is 0 Å². The molecule has 0 radical (unpaired) electrons. The molecule has 0 amide bonds. The topological polar surface area (TPSA) is 35.6 Å². The number of allylic oxidation sites excluding steroid dienone is 1. The van der Waals surface area contributed by atoms with Crippen LogP contribution in [0.3, 0.4) is 0 Å². The zero-order valence-corrected chi connectivity index (χ0v) is 21.4. The van der Waals surface area contributed by atoms with Gasteiger partial charge >= 0.3 is 0 Å². The van der Waals surface area contributed by atoms with Crippen molar-refractivity contribution in [1.82, 2.24) is 19.1 Å². The van der Waals surface area contributed by atoms with E-state index in [2.05, 4.69) is 113 Å². The molecule has 0 aliphatic heterocycles. The molecule has 7 rings (SSSR count). The lowest BCUT2D eigenvalue weighted by Gasteiger charge is -2.14. The Kier molecular flexibility index (Phi) is 5.35. The number of hydrogen-bond donors (Lipinski definition) is 0. The van der Waals surface area contributed by atoms with Crippen molar-refractivity contribution >= 4 is 38.8 Å². The molecule has 3 heterocycles. The number of fused-ring (bicyclic) bond motifs is 4. The second-order valence-electron chi connectivity index (χ2n) is 9.51. The van der Waals surface area contributed by atoms with E-state index in [0.717, 1.165) is 50.3 Å². The molecule has 0 spiro atoms. The van der Waals surface area contributed by atoms with Crippen LogP contribution in [0.4, 0.5) is 0 Å². The first-order valence-corrected chi connectivity index (χ1v) is 12.9. The Bertz CT molecular complexity index is 2030. The highest BCUT2D eigenvalue weighted by Crippen LogP contribution is 2.34. The van der Waals surface area contributed by atoms with Crippen LogP contribution < -0.4 is 0 Å². The van der Waals surface area contributed by atoms with Crippen molar-refractivity contribution in [3.8, 4) is 35.4 Å². The predicted octanol–water partition coefficient (Wildman–Crippen LogP) is 8.14. The van der Waals surface area contributed by atoms with Crippen molar-refractivity contribution in [2.75, 3.05) is 0 Å². The summed E-state index contributed by atoms with van der Waals surface area (Å²) >= 11 is 0. The average Bonchev–Trinajstić information content (AvgIpc) is 3.48. The van der Waals surface area contributed by atoms with Crippen LogP contribution in [0, 0.1) is 19.3 Å². The first-order chi connectivity index (χ1) is 19.2. The summed E-state index contributed by atoms with van der Waals surface area (Å²) in [6.45, 7) is 2.13. The third-order valence-electron chi connectivity index (χ3n) is 7.29. The number of nitrogens with zero attached hydrogens (tertiary/aromatic N) is 4. The van der Waals surface area contributed by atoms with Gasteiger partial charge in [0.2, 0.25) is 5.95 Å². The fourth-order valence-electron chi connectivity index (χ4n) is 5.53. The quantitative estimate of drug-likeness (QED) is 0.229. The van der Waals surface area contributed by atoms with Crippen molar-refractivity contribution in [2.45, 2.75) is 6.92 Å². The summed E-state index contributed by atoms with van der Waals surface area (Å²) in [5, 5.41) is 3.50. The molecule has 7 aromatic rings. The number of aryl methyl sites for hydroxylation is 1. The fourth-order valence-corrected chi connectivity index (χ4v) is 5.53. The second-order valence-corrected chi connectivity index (χ2v) is 9.51. The van der Waals surface area contributed by atoms with E-state index in [0.29, 0.717) is 5.95 Å². The molecule has 0 atom stereocenters. The highest BCUT2D eigenvalue weighted by molar-refractivity contribution is 6.09. The second kappa shape index (κ2) is 9.16. The Balaban J connectivity index is 1.60. The summed E-state index contributed by atoms with van der Waals surface area (Å²) in [7, 11) is 0. The van der Waals surface area contributed by atoms with E-state index in [9.17, 15) is 0 Å². The minimum Gasteiger partial charge on any atom is -0.294 e. The largest absolute Gasteiger partial charge is 0.294 e. The van der Waals surface area contributed by atoms with E-state index in [1.165, 1.54) is 10.8 Å². The normalized spacial score (nSPS) is 11.6. The van der Waals surface area contributed by atoms with Gasteiger partial charge in [-0.2, -0.15) is 4.98 Å². The van der Waals surface area contributed by atoms with Crippen LogP contribution in [0.5, 0.6) is 0 Å². The molecule has 3 aromatic heterocycles. The van der Waals surface area contributed by atoms with Gasteiger partial charge in [0, 0.05) is 27.8 Å². The summed E-state index contributed by atoms with van der Waals surface area (Å²) in [5.41, 5.74) is 7.22. The molecule has 0 saturated heterocycles. The third kappa shape index (κ3) is 3.64. The van der Waals surface area contributed by atoms with Crippen LogP contribution in [-0.2, 0) is 0 Å². The zero-order chi connectivity index (χ0) is 26.3. The molecule has 39 heavy (non-hydrogen) atoms. The molecule has 4 nitrogen and oxygen atoms in total. The van der Waals surface area contributed by atoms with Gasteiger partial charge in [-0.25, -0.2) is 4.98 Å². The summed E-state index contributed by atoms with van der Waals surface area (Å²) in [6, 6.07) is 37.5. The van der Waals surface area contributed by atoms with Crippen molar-refractivity contribution in [3.63, 3.8) is 0 Å². The SMILES string of the molecule is C#C/C=C\c1c(C)c2ccccc2n1-c1cc(-c2ccccc2)nc(-n2c3ccccc3c3ccccc32)n1. The predicted molar refractivity (Wildman–Crippen MR) is 161 cm³/mol. The van der Waals surface area contributed by atoms with E-state index in [4.69, 9.17) is 16.4 Å². The van der Waals surface area contributed by atoms with Gasteiger partial charge in [0.15, 0.2) is 0 Å². The third-order valence-corrected chi connectivity index (χ3v) is 7.29. The molecular weight excluding hydrogens is 476 g/mol. The minimum atomic E-state index is 0.617. The molecule has 0 bridgehead atoms. The van der Waals surface area contributed by atoms with E-state index in [1.807, 2.05) is 24.3 Å².